The number of hydrogen-bond donors (Lipinski definition) is 1. The predicted molar refractivity (Wildman–Crippen MR) is 134 cm³/mol. The topological polar surface area (TPSA) is 111 Å². The van der Waals surface area contributed by atoms with Crippen molar-refractivity contribution in [2.45, 2.75) is 25.4 Å². The molecule has 11 heteroatoms. The van der Waals surface area contributed by atoms with Gasteiger partial charge in [0.25, 0.3) is 17.7 Å². The van der Waals surface area contributed by atoms with Crippen LogP contribution in [0.25, 0.3) is 11.3 Å². The zero-order valence-corrected chi connectivity index (χ0v) is 21.0. The average Bonchev–Trinajstić information content (AvgIpc) is 3.53. The van der Waals surface area contributed by atoms with Crippen LogP contribution < -0.4 is 5.73 Å². The number of alkyl halides is 3. The number of nitrogens with two attached hydrogens (primary N) is 1. The number of furan rings is 1. The molecule has 0 fully saturated rings. The molecule has 5 rings (SSSR count). The highest BCUT2D eigenvalue weighted by molar-refractivity contribution is 6.21. The third-order valence-electron chi connectivity index (χ3n) is 6.90. The maximum atomic E-state index is 14.0. The minimum atomic E-state index is -4.65. The lowest BCUT2D eigenvalue weighted by Crippen LogP contribution is -2.35. The summed E-state index contributed by atoms with van der Waals surface area (Å²) in [5, 5.41) is 4.16. The molecule has 2 aromatic carbocycles. The Balaban J connectivity index is 1.70. The second-order valence-electron chi connectivity index (χ2n) is 9.30. The highest BCUT2D eigenvalue weighted by Crippen LogP contribution is 2.41. The van der Waals surface area contributed by atoms with E-state index >= 15 is 0 Å². The number of aryl methyl sites for hydroxylation is 2. The first-order chi connectivity index (χ1) is 18.5. The number of carbonyl (C=O) groups is 3. The summed E-state index contributed by atoms with van der Waals surface area (Å²) in [5.41, 5.74) is 6.27. The Kier molecular flexibility index (Phi) is 6.37. The highest BCUT2D eigenvalue weighted by Gasteiger charge is 2.40. The molecule has 8 nitrogen and oxygen atoms in total. The predicted octanol–water partition coefficient (Wildman–Crippen LogP) is 4.73. The monoisotopic (exact) mass is 536 g/mol. The Hall–Kier alpha value is -4.67. The zero-order valence-electron chi connectivity index (χ0n) is 21.0. The third kappa shape index (κ3) is 4.49. The lowest BCUT2D eigenvalue weighted by molar-refractivity contribution is -0.138. The Morgan fingerprint density at radius 2 is 1.64 bits per heavy atom. The van der Waals surface area contributed by atoms with E-state index in [0.29, 0.717) is 17.0 Å². The Bertz CT molecular complexity index is 1580. The molecule has 200 valence electrons. The van der Waals surface area contributed by atoms with E-state index in [1.54, 1.807) is 32.2 Å². The SMILES string of the molecule is Cc1oc(C(N)=O)c([C@H](Cc2ccccc2C(F)(F)F)CN2C(=O)c3ccccc3C2=O)c1-c1ccnn1C. The quantitative estimate of drug-likeness (QED) is 0.344. The van der Waals surface area contributed by atoms with Crippen LogP contribution in [-0.2, 0) is 19.6 Å². The first-order valence-electron chi connectivity index (χ1n) is 12.0. The average molecular weight is 537 g/mol. The fourth-order valence-electron chi connectivity index (χ4n) is 5.20. The molecular weight excluding hydrogens is 513 g/mol. The smallest absolute Gasteiger partial charge is 0.416 e. The zero-order chi connectivity index (χ0) is 28.1. The van der Waals surface area contributed by atoms with Crippen molar-refractivity contribution in [2.75, 3.05) is 6.54 Å². The molecule has 0 bridgehead atoms. The summed E-state index contributed by atoms with van der Waals surface area (Å²) in [6.07, 6.45) is -3.40. The molecule has 2 N–H and O–H groups in total. The van der Waals surface area contributed by atoms with E-state index < -0.39 is 35.4 Å². The highest BCUT2D eigenvalue weighted by atomic mass is 19.4. The number of rotatable bonds is 7. The summed E-state index contributed by atoms with van der Waals surface area (Å²) >= 11 is 0. The standard InChI is InChI=1S/C28H23F3N4O4/c1-15-22(21-11-12-33-34(21)2)23(24(39-15)25(32)36)17(13-16-7-3-6-10-20(16)28(29,30)31)14-35-26(37)18-8-4-5-9-19(18)27(35)38/h3-12,17H,13-14H2,1-2H3,(H2,32,36)/t17-/m1/s1. The van der Waals surface area contributed by atoms with Gasteiger partial charge in [0.05, 0.1) is 22.4 Å². The number of benzene rings is 2. The van der Waals surface area contributed by atoms with E-state index in [1.165, 1.54) is 41.2 Å². The van der Waals surface area contributed by atoms with E-state index in [4.69, 9.17) is 10.2 Å². The van der Waals surface area contributed by atoms with Gasteiger partial charge in [-0.1, -0.05) is 30.3 Å². The number of nitrogens with zero attached hydrogens (tertiary/aromatic N) is 3. The van der Waals surface area contributed by atoms with Crippen molar-refractivity contribution in [3.05, 3.63) is 100 Å². The van der Waals surface area contributed by atoms with Crippen molar-refractivity contribution in [2.24, 2.45) is 12.8 Å². The van der Waals surface area contributed by atoms with Crippen LogP contribution >= 0.6 is 0 Å². The van der Waals surface area contributed by atoms with Crippen molar-refractivity contribution in [3.63, 3.8) is 0 Å². The normalized spacial score (nSPS) is 14.1. The van der Waals surface area contributed by atoms with Gasteiger partial charge in [0.2, 0.25) is 0 Å². The number of primary amides is 1. The summed E-state index contributed by atoms with van der Waals surface area (Å²) in [6, 6.07) is 13.0. The summed E-state index contributed by atoms with van der Waals surface area (Å²) in [5.74, 6) is -3.03. The van der Waals surface area contributed by atoms with Gasteiger partial charge in [-0.3, -0.25) is 24.0 Å². The van der Waals surface area contributed by atoms with Gasteiger partial charge >= 0.3 is 6.18 Å². The first kappa shape index (κ1) is 26.0. The minimum absolute atomic E-state index is 0.0724. The van der Waals surface area contributed by atoms with Gasteiger partial charge in [0.1, 0.15) is 5.76 Å². The van der Waals surface area contributed by atoms with Crippen LogP contribution in [0.15, 0.2) is 65.2 Å². The molecule has 0 saturated heterocycles. The van der Waals surface area contributed by atoms with Crippen molar-refractivity contribution >= 4 is 17.7 Å². The number of amides is 3. The number of fused-ring (bicyclic) bond motifs is 1. The number of carbonyl (C=O) groups excluding carboxylic acids is 3. The van der Waals surface area contributed by atoms with Crippen molar-refractivity contribution in [1.29, 1.82) is 0 Å². The molecule has 0 saturated carbocycles. The van der Waals surface area contributed by atoms with Gasteiger partial charge < -0.3 is 10.2 Å². The largest absolute Gasteiger partial charge is 0.455 e. The van der Waals surface area contributed by atoms with Gasteiger partial charge in [-0.15, -0.1) is 0 Å². The molecule has 0 spiro atoms. The fourth-order valence-corrected chi connectivity index (χ4v) is 5.20. The Labute approximate surface area is 220 Å². The van der Waals surface area contributed by atoms with Crippen LogP contribution in [0.1, 0.15) is 59.6 Å². The van der Waals surface area contributed by atoms with E-state index in [2.05, 4.69) is 5.10 Å². The Morgan fingerprint density at radius 3 is 2.21 bits per heavy atom. The van der Waals surface area contributed by atoms with Crippen LogP contribution in [0.3, 0.4) is 0 Å². The van der Waals surface area contributed by atoms with Crippen molar-refractivity contribution in [1.82, 2.24) is 14.7 Å². The van der Waals surface area contributed by atoms with Crippen LogP contribution in [-0.4, -0.2) is 38.9 Å². The maximum Gasteiger partial charge on any atom is 0.416 e. The molecule has 39 heavy (non-hydrogen) atoms. The van der Waals surface area contributed by atoms with Gasteiger partial charge in [-0.2, -0.15) is 18.3 Å². The molecular formula is C28H23F3N4O4. The van der Waals surface area contributed by atoms with Crippen LogP contribution in [0.5, 0.6) is 0 Å². The van der Waals surface area contributed by atoms with E-state index in [0.717, 1.165) is 11.0 Å². The number of aromatic nitrogens is 2. The van der Waals surface area contributed by atoms with Crippen molar-refractivity contribution < 1.29 is 32.0 Å². The van der Waals surface area contributed by atoms with Gasteiger partial charge in [-0.05, 0) is 43.2 Å². The lowest BCUT2D eigenvalue weighted by atomic mass is 9.85. The number of hydrogen-bond acceptors (Lipinski definition) is 5. The van der Waals surface area contributed by atoms with Gasteiger partial charge in [-0.25, -0.2) is 0 Å². The molecule has 1 aliphatic heterocycles. The molecule has 1 aliphatic rings. The van der Waals surface area contributed by atoms with Crippen LogP contribution in [0.2, 0.25) is 0 Å². The molecule has 1 atom stereocenters. The fraction of sp³-hybridized carbons (Fsp3) is 0.214. The summed E-state index contributed by atoms with van der Waals surface area (Å²) in [7, 11) is 1.66. The molecule has 4 aromatic rings. The van der Waals surface area contributed by atoms with Crippen molar-refractivity contribution in [3.8, 4) is 11.3 Å². The minimum Gasteiger partial charge on any atom is -0.455 e. The second-order valence-corrected chi connectivity index (χ2v) is 9.30. The Morgan fingerprint density at radius 1 is 1.03 bits per heavy atom. The van der Waals surface area contributed by atoms with E-state index in [9.17, 15) is 27.6 Å². The molecule has 0 unspecified atom stereocenters. The van der Waals surface area contributed by atoms with Gasteiger partial charge in [0, 0.05) is 36.8 Å². The summed E-state index contributed by atoms with van der Waals surface area (Å²) in [4.78, 5) is 40.0. The van der Waals surface area contributed by atoms with Crippen LogP contribution in [0.4, 0.5) is 13.2 Å². The molecule has 3 heterocycles. The van der Waals surface area contributed by atoms with Crippen LogP contribution in [0, 0.1) is 6.92 Å². The number of imide groups is 1. The number of halogens is 3. The molecule has 2 aromatic heterocycles. The molecule has 0 radical (unpaired) electrons. The molecule has 3 amide bonds. The summed E-state index contributed by atoms with van der Waals surface area (Å²) in [6.45, 7) is 1.28. The lowest BCUT2D eigenvalue weighted by Gasteiger charge is -2.25. The maximum absolute atomic E-state index is 14.0. The third-order valence-corrected chi connectivity index (χ3v) is 6.90. The second kappa shape index (κ2) is 9.57. The van der Waals surface area contributed by atoms with E-state index in [-0.39, 0.29) is 41.0 Å². The van der Waals surface area contributed by atoms with E-state index in [1.807, 2.05) is 0 Å². The summed E-state index contributed by atoms with van der Waals surface area (Å²) < 4.78 is 49.1. The van der Waals surface area contributed by atoms with Gasteiger partial charge in [0.15, 0.2) is 5.76 Å². The molecule has 0 aliphatic carbocycles. The first-order valence-corrected chi connectivity index (χ1v) is 12.0.